The standard InChI is InChI=1S/C13H20BrN3OS2/c1-7-8(2)20-10(6-19-7)12-16-9(5-18-4)11(14)13(15-3)17-12/h7-8,10H,5-6H2,1-4H3,(H,15,16,17). The van der Waals surface area contributed by atoms with Crippen molar-refractivity contribution in [2.24, 2.45) is 0 Å². The average Bonchev–Trinajstić information content (AvgIpc) is 2.44. The van der Waals surface area contributed by atoms with E-state index in [9.17, 15) is 0 Å². The lowest BCUT2D eigenvalue weighted by Crippen LogP contribution is -2.23. The van der Waals surface area contributed by atoms with E-state index in [4.69, 9.17) is 9.72 Å². The zero-order valence-electron chi connectivity index (χ0n) is 12.1. The Balaban J connectivity index is 2.29. The lowest BCUT2D eigenvalue weighted by molar-refractivity contribution is 0.180. The number of ether oxygens (including phenoxy) is 1. The van der Waals surface area contributed by atoms with Crippen molar-refractivity contribution in [3.8, 4) is 0 Å². The number of hydrogen-bond acceptors (Lipinski definition) is 6. The zero-order chi connectivity index (χ0) is 14.7. The molecule has 0 saturated carbocycles. The van der Waals surface area contributed by atoms with E-state index in [1.54, 1.807) is 7.11 Å². The second-order valence-corrected chi connectivity index (χ2v) is 8.53. The van der Waals surface area contributed by atoms with Crippen LogP contribution in [0.2, 0.25) is 0 Å². The second-order valence-electron chi connectivity index (χ2n) is 4.74. The number of rotatable bonds is 4. The molecule has 2 rings (SSSR count). The SMILES string of the molecule is CNc1nc(C2CSC(C)C(C)S2)nc(COC)c1Br. The number of anilines is 1. The summed E-state index contributed by atoms with van der Waals surface area (Å²) in [5, 5.41) is 4.78. The number of halogens is 1. The fraction of sp³-hybridized carbons (Fsp3) is 0.692. The molecule has 1 saturated heterocycles. The van der Waals surface area contributed by atoms with Gasteiger partial charge in [0.1, 0.15) is 11.6 Å². The zero-order valence-corrected chi connectivity index (χ0v) is 15.4. The first-order valence-corrected chi connectivity index (χ1v) is 9.35. The predicted octanol–water partition coefficient (Wildman–Crippen LogP) is 3.73. The minimum atomic E-state index is 0.349. The quantitative estimate of drug-likeness (QED) is 0.862. The first-order valence-electron chi connectivity index (χ1n) is 6.56. The van der Waals surface area contributed by atoms with E-state index >= 15 is 0 Å². The fourth-order valence-electron chi connectivity index (χ4n) is 1.97. The molecule has 112 valence electrons. The number of methoxy groups -OCH3 is 1. The van der Waals surface area contributed by atoms with Gasteiger partial charge in [-0.05, 0) is 15.9 Å². The van der Waals surface area contributed by atoms with Gasteiger partial charge in [0.2, 0.25) is 0 Å². The molecule has 1 aliphatic heterocycles. The summed E-state index contributed by atoms with van der Waals surface area (Å²) in [5.41, 5.74) is 0.902. The minimum Gasteiger partial charge on any atom is -0.378 e. The van der Waals surface area contributed by atoms with Crippen LogP contribution in [-0.4, -0.2) is 40.4 Å². The number of thioether (sulfide) groups is 2. The van der Waals surface area contributed by atoms with Gasteiger partial charge in [0.25, 0.3) is 0 Å². The molecule has 1 N–H and O–H groups in total. The van der Waals surface area contributed by atoms with E-state index in [1.165, 1.54) is 0 Å². The lowest BCUT2D eigenvalue weighted by Gasteiger charge is -2.30. The van der Waals surface area contributed by atoms with Crippen LogP contribution in [0.3, 0.4) is 0 Å². The molecule has 2 heterocycles. The molecule has 0 spiro atoms. The Morgan fingerprint density at radius 2 is 2.10 bits per heavy atom. The Labute approximate surface area is 137 Å². The van der Waals surface area contributed by atoms with Crippen LogP contribution in [0.15, 0.2) is 4.47 Å². The van der Waals surface area contributed by atoms with Crippen molar-refractivity contribution in [3.05, 3.63) is 16.0 Å². The number of nitrogens with zero attached hydrogens (tertiary/aromatic N) is 2. The van der Waals surface area contributed by atoms with E-state index in [-0.39, 0.29) is 0 Å². The smallest absolute Gasteiger partial charge is 0.144 e. The van der Waals surface area contributed by atoms with Crippen LogP contribution in [0.1, 0.15) is 30.6 Å². The maximum absolute atomic E-state index is 5.23. The molecule has 4 nitrogen and oxygen atoms in total. The van der Waals surface area contributed by atoms with Gasteiger partial charge in [-0.3, -0.25) is 0 Å². The molecule has 0 aliphatic carbocycles. The Kier molecular flexibility index (Phi) is 6.01. The summed E-state index contributed by atoms with van der Waals surface area (Å²) < 4.78 is 6.12. The highest BCUT2D eigenvalue weighted by Gasteiger charge is 2.29. The number of nitrogens with one attached hydrogen (secondary N) is 1. The van der Waals surface area contributed by atoms with Crippen LogP contribution in [-0.2, 0) is 11.3 Å². The van der Waals surface area contributed by atoms with Crippen molar-refractivity contribution in [1.82, 2.24) is 9.97 Å². The molecule has 1 aromatic rings. The topological polar surface area (TPSA) is 47.0 Å². The van der Waals surface area contributed by atoms with Crippen molar-refractivity contribution >= 4 is 45.3 Å². The molecule has 1 aromatic heterocycles. The fourth-order valence-corrected chi connectivity index (χ4v) is 5.31. The number of aromatic nitrogens is 2. The molecule has 1 fully saturated rings. The summed E-state index contributed by atoms with van der Waals surface area (Å²) in [6.07, 6.45) is 0. The second kappa shape index (κ2) is 7.33. The molecule has 7 heteroatoms. The third kappa shape index (κ3) is 3.61. The molecule has 0 aromatic carbocycles. The van der Waals surface area contributed by atoms with Crippen LogP contribution in [0, 0.1) is 0 Å². The molecule has 0 bridgehead atoms. The molecule has 0 amide bonds. The van der Waals surface area contributed by atoms with E-state index in [0.717, 1.165) is 27.6 Å². The molecule has 3 unspecified atom stereocenters. The van der Waals surface area contributed by atoms with Gasteiger partial charge in [0.05, 0.1) is 22.0 Å². The minimum absolute atomic E-state index is 0.349. The normalized spacial score (nSPS) is 26.6. The third-order valence-corrected chi connectivity index (χ3v) is 7.51. The average molecular weight is 378 g/mol. The van der Waals surface area contributed by atoms with Gasteiger partial charge in [-0.2, -0.15) is 11.8 Å². The van der Waals surface area contributed by atoms with Crippen molar-refractivity contribution in [1.29, 1.82) is 0 Å². The number of hydrogen-bond donors (Lipinski definition) is 1. The largest absolute Gasteiger partial charge is 0.378 e. The van der Waals surface area contributed by atoms with Gasteiger partial charge in [-0.25, -0.2) is 9.97 Å². The van der Waals surface area contributed by atoms with Crippen molar-refractivity contribution in [3.63, 3.8) is 0 Å². The maximum Gasteiger partial charge on any atom is 0.144 e. The molecule has 0 radical (unpaired) electrons. The summed E-state index contributed by atoms with van der Waals surface area (Å²) >= 11 is 7.51. The van der Waals surface area contributed by atoms with Gasteiger partial charge >= 0.3 is 0 Å². The van der Waals surface area contributed by atoms with Crippen molar-refractivity contribution < 1.29 is 4.74 Å². The van der Waals surface area contributed by atoms with Crippen molar-refractivity contribution in [2.45, 2.75) is 36.2 Å². The summed E-state index contributed by atoms with van der Waals surface area (Å²) in [4.78, 5) is 9.35. The third-order valence-electron chi connectivity index (χ3n) is 3.29. The first-order chi connectivity index (χ1) is 9.56. The van der Waals surface area contributed by atoms with E-state index in [2.05, 4.69) is 40.1 Å². The Bertz CT molecular complexity index is 475. The highest BCUT2D eigenvalue weighted by atomic mass is 79.9. The van der Waals surface area contributed by atoms with Crippen LogP contribution >= 0.6 is 39.5 Å². The molecular formula is C13H20BrN3OS2. The Morgan fingerprint density at radius 1 is 1.35 bits per heavy atom. The molecule has 1 aliphatic rings. The van der Waals surface area contributed by atoms with Crippen LogP contribution < -0.4 is 5.32 Å². The van der Waals surface area contributed by atoms with Gasteiger partial charge in [-0.1, -0.05) is 13.8 Å². The Morgan fingerprint density at radius 3 is 2.70 bits per heavy atom. The van der Waals surface area contributed by atoms with Gasteiger partial charge in [0, 0.05) is 30.4 Å². The van der Waals surface area contributed by atoms with Gasteiger partial charge < -0.3 is 10.1 Å². The first kappa shape index (κ1) is 16.4. The molecular weight excluding hydrogens is 358 g/mol. The highest BCUT2D eigenvalue weighted by Crippen LogP contribution is 2.43. The monoisotopic (exact) mass is 377 g/mol. The highest BCUT2D eigenvalue weighted by molar-refractivity contribution is 9.10. The van der Waals surface area contributed by atoms with Crippen LogP contribution in [0.5, 0.6) is 0 Å². The van der Waals surface area contributed by atoms with E-state index in [1.807, 2.05) is 30.6 Å². The van der Waals surface area contributed by atoms with E-state index < -0.39 is 0 Å². The maximum atomic E-state index is 5.23. The summed E-state index contributed by atoms with van der Waals surface area (Å²) in [6.45, 7) is 5.06. The van der Waals surface area contributed by atoms with Gasteiger partial charge in [-0.15, -0.1) is 11.8 Å². The molecule has 3 atom stereocenters. The summed E-state index contributed by atoms with van der Waals surface area (Å²) in [7, 11) is 3.56. The van der Waals surface area contributed by atoms with Crippen LogP contribution in [0.25, 0.3) is 0 Å². The predicted molar refractivity (Wildman–Crippen MR) is 91.7 cm³/mol. The van der Waals surface area contributed by atoms with E-state index in [0.29, 0.717) is 22.4 Å². The Hall–Kier alpha value is 0.0200. The summed E-state index contributed by atoms with van der Waals surface area (Å²) in [6, 6.07) is 0. The molecule has 20 heavy (non-hydrogen) atoms. The lowest BCUT2D eigenvalue weighted by atomic mass is 10.3. The summed E-state index contributed by atoms with van der Waals surface area (Å²) in [5.74, 6) is 2.80. The van der Waals surface area contributed by atoms with Crippen molar-refractivity contribution in [2.75, 3.05) is 25.2 Å². The van der Waals surface area contributed by atoms with Gasteiger partial charge in [0.15, 0.2) is 0 Å². The van der Waals surface area contributed by atoms with Crippen LogP contribution in [0.4, 0.5) is 5.82 Å².